The maximum absolute atomic E-state index is 13.4. The lowest BCUT2D eigenvalue weighted by Crippen LogP contribution is -2.41. The zero-order valence-electron chi connectivity index (χ0n) is 19.6. The molecule has 0 bridgehead atoms. The van der Waals surface area contributed by atoms with Crippen molar-refractivity contribution in [3.8, 4) is 17.2 Å². The maximum atomic E-state index is 13.4. The van der Waals surface area contributed by atoms with E-state index in [9.17, 15) is 14.4 Å². The highest BCUT2D eigenvalue weighted by Crippen LogP contribution is 2.37. The topological polar surface area (TPSA) is 89.9 Å². The minimum atomic E-state index is -1.33. The molecule has 1 atom stereocenters. The van der Waals surface area contributed by atoms with Crippen LogP contribution in [-0.4, -0.2) is 46.9 Å². The molecule has 1 N–H and O–H groups in total. The number of nitrogens with one attached hydrogen (secondary N) is 1. The van der Waals surface area contributed by atoms with Crippen LogP contribution >= 0.6 is 11.6 Å². The van der Waals surface area contributed by atoms with Gasteiger partial charge in [0.15, 0.2) is 17.3 Å². The number of aromatic nitrogens is 1. The molecule has 1 aromatic heterocycles. The number of hydrogen-bond donors (Lipinski definition) is 1. The SMILES string of the molecule is Cc1cc(C(=O)CN2C(=O)NC(C)(c3ccc4c(c3)OCCO4)C2=O)c(C)n1-c1ccc(Cl)cc1. The van der Waals surface area contributed by atoms with Crippen LogP contribution < -0.4 is 14.8 Å². The van der Waals surface area contributed by atoms with Crippen LogP contribution in [0.3, 0.4) is 0 Å². The first kappa shape index (κ1) is 23.0. The van der Waals surface area contributed by atoms with Crippen LogP contribution in [0.2, 0.25) is 5.02 Å². The second kappa shape index (κ2) is 8.46. The number of aryl methyl sites for hydroxylation is 1. The molecule has 2 aliphatic rings. The van der Waals surface area contributed by atoms with Crippen LogP contribution in [0.1, 0.15) is 34.2 Å². The van der Waals surface area contributed by atoms with Gasteiger partial charge in [-0.2, -0.15) is 0 Å². The molecule has 8 nitrogen and oxygen atoms in total. The normalized spacial score (nSPS) is 19.1. The van der Waals surface area contributed by atoms with Crippen molar-refractivity contribution in [2.24, 2.45) is 0 Å². The van der Waals surface area contributed by atoms with Gasteiger partial charge in [-0.25, -0.2) is 4.79 Å². The molecule has 3 aromatic rings. The van der Waals surface area contributed by atoms with Gasteiger partial charge in [0.1, 0.15) is 18.8 Å². The average molecular weight is 494 g/mol. The number of nitrogens with zero attached hydrogens (tertiary/aromatic N) is 2. The Labute approximate surface area is 207 Å². The Morgan fingerprint density at radius 3 is 2.43 bits per heavy atom. The van der Waals surface area contributed by atoms with E-state index in [1.165, 1.54) is 0 Å². The number of amides is 3. The van der Waals surface area contributed by atoms with Gasteiger partial charge in [0.2, 0.25) is 0 Å². The van der Waals surface area contributed by atoms with Gasteiger partial charge in [0.25, 0.3) is 5.91 Å². The third-order valence-electron chi connectivity index (χ3n) is 6.51. The number of Topliss-reactive ketones (excluding diaryl/α,β-unsaturated/α-hetero) is 1. The van der Waals surface area contributed by atoms with Crippen LogP contribution in [0, 0.1) is 13.8 Å². The predicted octanol–water partition coefficient (Wildman–Crippen LogP) is 4.17. The van der Waals surface area contributed by atoms with E-state index in [-0.39, 0.29) is 12.3 Å². The number of imide groups is 1. The number of carbonyl (C=O) groups is 3. The van der Waals surface area contributed by atoms with Gasteiger partial charge in [0, 0.05) is 27.7 Å². The lowest BCUT2D eigenvalue weighted by molar-refractivity contribution is -0.130. The molecule has 35 heavy (non-hydrogen) atoms. The highest BCUT2D eigenvalue weighted by molar-refractivity contribution is 6.30. The summed E-state index contributed by atoms with van der Waals surface area (Å²) in [6.07, 6.45) is 0. The number of hydrogen-bond acceptors (Lipinski definition) is 5. The van der Waals surface area contributed by atoms with Gasteiger partial charge in [-0.3, -0.25) is 14.5 Å². The van der Waals surface area contributed by atoms with Crippen molar-refractivity contribution < 1.29 is 23.9 Å². The van der Waals surface area contributed by atoms with Crippen LogP contribution in [0.15, 0.2) is 48.5 Å². The molecule has 2 aliphatic heterocycles. The third-order valence-corrected chi connectivity index (χ3v) is 6.76. The monoisotopic (exact) mass is 493 g/mol. The molecule has 1 unspecified atom stereocenters. The van der Waals surface area contributed by atoms with Crippen molar-refractivity contribution in [2.75, 3.05) is 19.8 Å². The van der Waals surface area contributed by atoms with Gasteiger partial charge < -0.3 is 19.4 Å². The van der Waals surface area contributed by atoms with Gasteiger partial charge >= 0.3 is 6.03 Å². The van der Waals surface area contributed by atoms with Crippen molar-refractivity contribution >= 4 is 29.3 Å². The summed E-state index contributed by atoms with van der Waals surface area (Å²) < 4.78 is 13.1. The molecule has 0 spiro atoms. The number of ketones is 1. The number of benzene rings is 2. The minimum Gasteiger partial charge on any atom is -0.486 e. The number of urea groups is 1. The van der Waals surface area contributed by atoms with Gasteiger partial charge in [-0.1, -0.05) is 17.7 Å². The summed E-state index contributed by atoms with van der Waals surface area (Å²) in [6.45, 7) is 5.84. The van der Waals surface area contributed by atoms with Crippen LogP contribution in [0.25, 0.3) is 5.69 Å². The first-order valence-electron chi connectivity index (χ1n) is 11.2. The van der Waals surface area contributed by atoms with Gasteiger partial charge in [-0.05, 0) is 68.8 Å². The van der Waals surface area contributed by atoms with E-state index in [1.54, 1.807) is 43.3 Å². The fourth-order valence-electron chi connectivity index (χ4n) is 4.65. The zero-order valence-corrected chi connectivity index (χ0v) is 20.3. The molecule has 1 saturated heterocycles. The van der Waals surface area contributed by atoms with Crippen molar-refractivity contribution in [1.82, 2.24) is 14.8 Å². The largest absolute Gasteiger partial charge is 0.486 e. The zero-order chi connectivity index (χ0) is 24.9. The Morgan fingerprint density at radius 2 is 1.71 bits per heavy atom. The summed E-state index contributed by atoms with van der Waals surface area (Å²) in [5, 5.41) is 3.36. The second-order valence-corrected chi connectivity index (χ2v) is 9.26. The molecule has 9 heteroatoms. The molecule has 5 rings (SSSR count). The fourth-order valence-corrected chi connectivity index (χ4v) is 4.78. The first-order chi connectivity index (χ1) is 16.7. The summed E-state index contributed by atoms with van der Waals surface area (Å²) in [5.41, 5.74) is 2.11. The van der Waals surface area contributed by atoms with E-state index >= 15 is 0 Å². The number of rotatable bonds is 5. The molecule has 0 aliphatic carbocycles. The molecule has 0 saturated carbocycles. The number of halogens is 1. The molecule has 3 amide bonds. The molecule has 1 fully saturated rings. The summed E-state index contributed by atoms with van der Waals surface area (Å²) in [4.78, 5) is 40.4. The summed E-state index contributed by atoms with van der Waals surface area (Å²) in [5.74, 6) is 0.275. The molecule has 180 valence electrons. The molecular formula is C26H24ClN3O5. The van der Waals surface area contributed by atoms with E-state index in [4.69, 9.17) is 21.1 Å². The van der Waals surface area contributed by atoms with Crippen molar-refractivity contribution in [2.45, 2.75) is 26.3 Å². The molecular weight excluding hydrogens is 470 g/mol. The highest BCUT2D eigenvalue weighted by atomic mass is 35.5. The van der Waals surface area contributed by atoms with Gasteiger partial charge in [-0.15, -0.1) is 0 Å². The molecule has 2 aromatic carbocycles. The van der Waals surface area contributed by atoms with Crippen LogP contribution in [0.5, 0.6) is 11.5 Å². The van der Waals surface area contributed by atoms with E-state index in [0.717, 1.165) is 22.0 Å². The van der Waals surface area contributed by atoms with E-state index in [1.807, 2.05) is 30.5 Å². The van der Waals surface area contributed by atoms with Gasteiger partial charge in [0.05, 0.1) is 6.54 Å². The Kier molecular flexibility index (Phi) is 5.56. The molecule has 3 heterocycles. The lowest BCUT2D eigenvalue weighted by Gasteiger charge is -2.25. The lowest BCUT2D eigenvalue weighted by atomic mass is 9.91. The van der Waals surface area contributed by atoms with Crippen LogP contribution in [-0.2, 0) is 10.3 Å². The maximum Gasteiger partial charge on any atom is 0.325 e. The summed E-state index contributed by atoms with van der Waals surface area (Å²) in [6, 6.07) is 13.6. The quantitative estimate of drug-likeness (QED) is 0.425. The van der Waals surface area contributed by atoms with E-state index < -0.39 is 17.5 Å². The minimum absolute atomic E-state index is 0.326. The summed E-state index contributed by atoms with van der Waals surface area (Å²) >= 11 is 6.01. The molecule has 0 radical (unpaired) electrons. The Morgan fingerprint density at radius 1 is 1.03 bits per heavy atom. The third kappa shape index (κ3) is 3.83. The Balaban J connectivity index is 1.40. The number of fused-ring (bicyclic) bond motifs is 1. The van der Waals surface area contributed by atoms with Crippen molar-refractivity contribution in [3.63, 3.8) is 0 Å². The Hall–Kier alpha value is -3.78. The second-order valence-electron chi connectivity index (χ2n) is 8.82. The standard InChI is InChI=1S/C26H24ClN3O5/c1-15-12-20(16(2)30(15)19-7-5-18(27)6-8-19)21(31)14-29-24(32)26(3,28-25(29)33)17-4-9-22-23(13-17)35-11-10-34-22/h4-9,12-13H,10-11,14H2,1-3H3,(H,28,33). The summed E-state index contributed by atoms with van der Waals surface area (Å²) in [7, 11) is 0. The van der Waals surface area contributed by atoms with E-state index in [0.29, 0.717) is 40.9 Å². The fraction of sp³-hybridized carbons (Fsp3) is 0.269. The number of carbonyl (C=O) groups excluding carboxylic acids is 3. The van der Waals surface area contributed by atoms with E-state index in [2.05, 4.69) is 5.32 Å². The smallest absolute Gasteiger partial charge is 0.325 e. The van der Waals surface area contributed by atoms with Crippen molar-refractivity contribution in [3.05, 3.63) is 76.1 Å². The predicted molar refractivity (Wildman–Crippen MR) is 130 cm³/mol. The van der Waals surface area contributed by atoms with Crippen LogP contribution in [0.4, 0.5) is 4.79 Å². The number of ether oxygens (including phenoxy) is 2. The first-order valence-corrected chi connectivity index (χ1v) is 11.6. The average Bonchev–Trinajstić information content (AvgIpc) is 3.26. The Bertz CT molecular complexity index is 1360. The van der Waals surface area contributed by atoms with Crippen molar-refractivity contribution in [1.29, 1.82) is 0 Å². The highest BCUT2D eigenvalue weighted by Gasteiger charge is 2.50.